The molecular weight excluding hydrogens is 662 g/mol. The number of carbonyl (C=O) groups is 4. The quantitative estimate of drug-likeness (QED) is 0.0403. The molecule has 4 aromatic carbocycles. The Hall–Kier alpha value is -5.74. The Bertz CT molecular complexity index is 1890. The minimum Gasteiger partial charge on any atom is -0.494 e. The number of benzene rings is 4. The molecule has 0 saturated heterocycles. The molecule has 0 unspecified atom stereocenters. The number of rotatable bonds is 16. The lowest BCUT2D eigenvalue weighted by Crippen LogP contribution is -2.13. The van der Waals surface area contributed by atoms with E-state index >= 15 is 0 Å². The van der Waals surface area contributed by atoms with Crippen LogP contribution in [0.2, 0.25) is 5.02 Å². The second-order valence-corrected chi connectivity index (χ2v) is 11.5. The Labute approximate surface area is 295 Å². The van der Waals surface area contributed by atoms with E-state index in [1.54, 1.807) is 30.3 Å². The third kappa shape index (κ3) is 10.6. The number of unbranched alkanes of at least 4 members (excludes halogenated alkanes) is 3. The lowest BCUT2D eigenvalue weighted by Gasteiger charge is -2.11. The SMILES string of the molecule is C=CC(=O)OCCCCCCOc1ccc(C(=O)Oc2ccc(C(=O)Oc3ccc(C(=O)Oc4ccc(C)cc4C)cc3Cl)cc2C=N)cc1. The van der Waals surface area contributed by atoms with E-state index < -0.39 is 23.9 Å². The molecule has 4 aromatic rings. The largest absolute Gasteiger partial charge is 0.494 e. The fourth-order valence-electron chi connectivity index (χ4n) is 4.65. The van der Waals surface area contributed by atoms with Gasteiger partial charge in [-0.25, -0.2) is 19.2 Å². The first-order chi connectivity index (χ1) is 24.1. The number of nitrogens with one attached hydrogen (secondary N) is 1. The molecular formula is C39H36ClNO9. The number of hydrogen-bond donors (Lipinski definition) is 1. The molecule has 0 heterocycles. The van der Waals surface area contributed by atoms with Crippen LogP contribution >= 0.6 is 11.6 Å². The van der Waals surface area contributed by atoms with Crippen LogP contribution in [0, 0.1) is 19.3 Å². The minimum absolute atomic E-state index is 0.0165. The van der Waals surface area contributed by atoms with Gasteiger partial charge in [0.05, 0.1) is 34.9 Å². The predicted octanol–water partition coefficient (Wildman–Crippen LogP) is 8.28. The van der Waals surface area contributed by atoms with Crippen molar-refractivity contribution in [3.8, 4) is 23.0 Å². The van der Waals surface area contributed by atoms with Crippen molar-refractivity contribution < 1.29 is 42.9 Å². The summed E-state index contributed by atoms with van der Waals surface area (Å²) in [5, 5.41) is 7.82. The molecule has 11 heteroatoms. The summed E-state index contributed by atoms with van der Waals surface area (Å²) in [4.78, 5) is 49.5. The molecule has 0 aromatic heterocycles. The highest BCUT2D eigenvalue weighted by Gasteiger charge is 2.18. The molecule has 0 aliphatic heterocycles. The second-order valence-electron chi connectivity index (χ2n) is 11.1. The fourth-order valence-corrected chi connectivity index (χ4v) is 4.87. The van der Waals surface area contributed by atoms with E-state index in [0.29, 0.717) is 24.7 Å². The molecule has 0 fully saturated rings. The topological polar surface area (TPSA) is 138 Å². The van der Waals surface area contributed by atoms with Gasteiger partial charge >= 0.3 is 23.9 Å². The molecule has 0 saturated carbocycles. The molecule has 50 heavy (non-hydrogen) atoms. The Kier molecular flexibility index (Phi) is 13.5. The summed E-state index contributed by atoms with van der Waals surface area (Å²) in [6.07, 6.45) is 5.49. The zero-order chi connectivity index (χ0) is 36.0. The van der Waals surface area contributed by atoms with Gasteiger partial charge in [0.2, 0.25) is 0 Å². The van der Waals surface area contributed by atoms with Gasteiger partial charge in [-0.2, -0.15) is 0 Å². The number of carbonyl (C=O) groups excluding carboxylic acids is 4. The van der Waals surface area contributed by atoms with Gasteiger partial charge in [0, 0.05) is 17.9 Å². The highest BCUT2D eigenvalue weighted by Crippen LogP contribution is 2.29. The Morgan fingerprint density at radius 2 is 1.24 bits per heavy atom. The maximum Gasteiger partial charge on any atom is 0.343 e. The van der Waals surface area contributed by atoms with Gasteiger partial charge in [-0.15, -0.1) is 0 Å². The summed E-state index contributed by atoms with van der Waals surface area (Å²) in [6, 6.07) is 20.2. The molecule has 1 N–H and O–H groups in total. The molecule has 0 atom stereocenters. The molecule has 0 radical (unpaired) electrons. The van der Waals surface area contributed by atoms with Crippen LogP contribution < -0.4 is 18.9 Å². The maximum atomic E-state index is 12.9. The first-order valence-electron chi connectivity index (χ1n) is 15.8. The summed E-state index contributed by atoms with van der Waals surface area (Å²) in [6.45, 7) is 7.99. The highest BCUT2D eigenvalue weighted by molar-refractivity contribution is 6.32. The van der Waals surface area contributed by atoms with Gasteiger partial charge in [-0.1, -0.05) is 35.9 Å². The average molecular weight is 698 g/mol. The van der Waals surface area contributed by atoms with E-state index in [0.717, 1.165) is 49.1 Å². The molecule has 0 bridgehead atoms. The van der Waals surface area contributed by atoms with Crippen molar-refractivity contribution in [1.82, 2.24) is 0 Å². The van der Waals surface area contributed by atoms with Gasteiger partial charge in [0.25, 0.3) is 0 Å². The van der Waals surface area contributed by atoms with E-state index in [2.05, 4.69) is 6.58 Å². The normalized spacial score (nSPS) is 10.5. The Morgan fingerprint density at radius 1 is 0.680 bits per heavy atom. The van der Waals surface area contributed by atoms with Gasteiger partial charge < -0.3 is 29.1 Å². The maximum absolute atomic E-state index is 12.9. The molecule has 0 aliphatic rings. The Balaban J connectivity index is 1.28. The zero-order valence-electron chi connectivity index (χ0n) is 27.7. The van der Waals surface area contributed by atoms with Crippen LogP contribution in [0.5, 0.6) is 23.0 Å². The van der Waals surface area contributed by atoms with Crippen molar-refractivity contribution in [2.24, 2.45) is 0 Å². The summed E-state index contributed by atoms with van der Waals surface area (Å²) in [5.74, 6) is -1.36. The van der Waals surface area contributed by atoms with Crippen LogP contribution in [0.4, 0.5) is 0 Å². The molecule has 10 nitrogen and oxygen atoms in total. The van der Waals surface area contributed by atoms with Crippen molar-refractivity contribution in [3.05, 3.63) is 130 Å². The van der Waals surface area contributed by atoms with Crippen molar-refractivity contribution >= 4 is 41.7 Å². The van der Waals surface area contributed by atoms with E-state index in [9.17, 15) is 19.2 Å². The number of aryl methyl sites for hydroxylation is 2. The van der Waals surface area contributed by atoms with Crippen LogP contribution in [-0.4, -0.2) is 43.3 Å². The van der Waals surface area contributed by atoms with Crippen molar-refractivity contribution in [3.63, 3.8) is 0 Å². The monoisotopic (exact) mass is 697 g/mol. The number of hydrogen-bond acceptors (Lipinski definition) is 10. The van der Waals surface area contributed by atoms with Gasteiger partial charge in [0.1, 0.15) is 23.0 Å². The third-order valence-electron chi connectivity index (χ3n) is 7.32. The first-order valence-corrected chi connectivity index (χ1v) is 16.2. The number of esters is 4. The van der Waals surface area contributed by atoms with Crippen LogP contribution in [0.1, 0.15) is 73.4 Å². The van der Waals surface area contributed by atoms with E-state index in [-0.39, 0.29) is 38.8 Å². The van der Waals surface area contributed by atoms with Gasteiger partial charge in [-0.3, -0.25) is 0 Å². The van der Waals surface area contributed by atoms with Crippen LogP contribution in [0.25, 0.3) is 0 Å². The summed E-state index contributed by atoms with van der Waals surface area (Å²) < 4.78 is 27.1. The van der Waals surface area contributed by atoms with Crippen LogP contribution in [0.15, 0.2) is 91.5 Å². The standard InChI is InChI=1S/C39H36ClNO9/c1-4-36(42)47-20-8-6-5-7-19-46-31-14-10-27(11-15-31)37(43)49-34-17-12-28(22-30(34)24-41)38(44)50-35-18-13-29(23-32(35)40)39(45)48-33-16-9-25(2)21-26(33)3/h4,9-18,21-24,41H,1,5-8,19-20H2,2-3H3. The van der Waals surface area contributed by atoms with E-state index in [1.807, 2.05) is 26.0 Å². The molecule has 0 aliphatic carbocycles. The van der Waals surface area contributed by atoms with Gasteiger partial charge in [0.15, 0.2) is 0 Å². The summed E-state index contributed by atoms with van der Waals surface area (Å²) >= 11 is 6.33. The highest BCUT2D eigenvalue weighted by atomic mass is 35.5. The molecule has 4 rings (SSSR count). The molecule has 0 spiro atoms. The van der Waals surface area contributed by atoms with E-state index in [4.69, 9.17) is 40.7 Å². The second kappa shape index (κ2) is 18.1. The lowest BCUT2D eigenvalue weighted by atomic mass is 10.1. The smallest absolute Gasteiger partial charge is 0.343 e. The summed E-state index contributed by atoms with van der Waals surface area (Å²) in [5.41, 5.74) is 2.53. The summed E-state index contributed by atoms with van der Waals surface area (Å²) in [7, 11) is 0. The molecule has 258 valence electrons. The minimum atomic E-state index is -0.775. The fraction of sp³-hybridized carbons (Fsp3) is 0.205. The third-order valence-corrected chi connectivity index (χ3v) is 7.61. The zero-order valence-corrected chi connectivity index (χ0v) is 28.4. The van der Waals surface area contributed by atoms with E-state index in [1.165, 1.54) is 36.4 Å². The lowest BCUT2D eigenvalue weighted by molar-refractivity contribution is -0.137. The van der Waals surface area contributed by atoms with Crippen molar-refractivity contribution in [1.29, 1.82) is 5.41 Å². The Morgan fingerprint density at radius 3 is 1.88 bits per heavy atom. The van der Waals surface area contributed by atoms with Gasteiger partial charge in [-0.05, 0) is 112 Å². The molecule has 0 amide bonds. The van der Waals surface area contributed by atoms with Crippen molar-refractivity contribution in [2.45, 2.75) is 39.5 Å². The average Bonchev–Trinajstić information content (AvgIpc) is 3.11. The van der Waals surface area contributed by atoms with Crippen LogP contribution in [0.3, 0.4) is 0 Å². The number of halogens is 1. The van der Waals surface area contributed by atoms with Crippen LogP contribution in [-0.2, 0) is 9.53 Å². The predicted molar refractivity (Wildman–Crippen MR) is 188 cm³/mol. The number of ether oxygens (including phenoxy) is 5. The van der Waals surface area contributed by atoms with Crippen molar-refractivity contribution in [2.75, 3.05) is 13.2 Å². The first kappa shape index (κ1) is 37.1.